The summed E-state index contributed by atoms with van der Waals surface area (Å²) in [6.07, 6.45) is 2.51. The van der Waals surface area contributed by atoms with E-state index in [-0.39, 0.29) is 11.6 Å². The van der Waals surface area contributed by atoms with Crippen molar-refractivity contribution in [1.82, 2.24) is 14.5 Å². The van der Waals surface area contributed by atoms with E-state index in [1.807, 2.05) is 13.8 Å². The van der Waals surface area contributed by atoms with Gasteiger partial charge >= 0.3 is 0 Å². The van der Waals surface area contributed by atoms with Gasteiger partial charge in [-0.25, -0.2) is 4.98 Å². The Hall–Kier alpha value is -3.29. The van der Waals surface area contributed by atoms with Crippen LogP contribution in [0.2, 0.25) is 0 Å². The summed E-state index contributed by atoms with van der Waals surface area (Å²) < 4.78 is 17.8. The van der Waals surface area contributed by atoms with Gasteiger partial charge in [-0.3, -0.25) is 9.36 Å². The SMILES string of the molecule is CCC(C)n1c(=O)ccc2cnc(Nc3cc(OC)c(OC)c(OC)c3)nc21. The third-order valence-electron chi connectivity index (χ3n) is 4.62. The van der Waals surface area contributed by atoms with Crippen LogP contribution in [-0.2, 0) is 0 Å². The molecular formula is C20H24N4O4. The highest BCUT2D eigenvalue weighted by atomic mass is 16.5. The Morgan fingerprint density at radius 1 is 1.11 bits per heavy atom. The number of nitrogens with one attached hydrogen (secondary N) is 1. The summed E-state index contributed by atoms with van der Waals surface area (Å²) in [5.41, 5.74) is 1.17. The minimum absolute atomic E-state index is 0.0279. The van der Waals surface area contributed by atoms with E-state index in [1.54, 1.807) is 56.4 Å². The second-order valence-electron chi connectivity index (χ2n) is 6.31. The molecule has 148 valence electrons. The maximum Gasteiger partial charge on any atom is 0.252 e. The predicted molar refractivity (Wildman–Crippen MR) is 108 cm³/mol. The smallest absolute Gasteiger partial charge is 0.252 e. The zero-order valence-corrected chi connectivity index (χ0v) is 16.6. The molecule has 2 heterocycles. The van der Waals surface area contributed by atoms with Crippen LogP contribution >= 0.6 is 0 Å². The van der Waals surface area contributed by atoms with E-state index in [9.17, 15) is 4.79 Å². The van der Waals surface area contributed by atoms with Gasteiger partial charge in [-0.2, -0.15) is 4.98 Å². The average Bonchev–Trinajstić information content (AvgIpc) is 2.72. The standard InChI is InChI=1S/C20H24N4O4/c1-6-12(2)24-17(25)8-7-13-11-21-20(23-19(13)24)22-14-9-15(26-3)18(28-5)16(10-14)27-4/h7-12H,6H2,1-5H3,(H,21,22,23). The number of benzene rings is 1. The molecule has 3 rings (SSSR count). The van der Waals surface area contributed by atoms with Crippen molar-refractivity contribution in [2.75, 3.05) is 26.6 Å². The Morgan fingerprint density at radius 2 is 1.79 bits per heavy atom. The topological polar surface area (TPSA) is 87.5 Å². The highest BCUT2D eigenvalue weighted by Gasteiger charge is 2.15. The minimum Gasteiger partial charge on any atom is -0.493 e. The molecule has 1 N–H and O–H groups in total. The lowest BCUT2D eigenvalue weighted by Gasteiger charge is -2.16. The number of rotatable bonds is 7. The Morgan fingerprint density at radius 3 is 2.36 bits per heavy atom. The number of ether oxygens (including phenoxy) is 3. The zero-order chi connectivity index (χ0) is 20.3. The van der Waals surface area contributed by atoms with Crippen molar-refractivity contribution in [1.29, 1.82) is 0 Å². The summed E-state index contributed by atoms with van der Waals surface area (Å²) in [6.45, 7) is 4.03. The fraction of sp³-hybridized carbons (Fsp3) is 0.350. The summed E-state index contributed by atoms with van der Waals surface area (Å²) in [5.74, 6) is 1.90. The van der Waals surface area contributed by atoms with Gasteiger partial charge in [0.05, 0.1) is 21.3 Å². The Labute approximate surface area is 163 Å². The number of nitrogens with zero attached hydrogens (tertiary/aromatic N) is 3. The lowest BCUT2D eigenvalue weighted by Crippen LogP contribution is -2.23. The van der Waals surface area contributed by atoms with Crippen LogP contribution in [0.4, 0.5) is 11.6 Å². The normalized spacial score (nSPS) is 11.9. The molecule has 0 bridgehead atoms. The van der Waals surface area contributed by atoms with Crippen molar-refractivity contribution >= 4 is 22.7 Å². The van der Waals surface area contributed by atoms with Crippen LogP contribution < -0.4 is 25.1 Å². The van der Waals surface area contributed by atoms with E-state index >= 15 is 0 Å². The molecule has 1 aromatic carbocycles. The van der Waals surface area contributed by atoms with Gasteiger partial charge in [-0.05, 0) is 19.4 Å². The molecule has 0 spiro atoms. The lowest BCUT2D eigenvalue weighted by molar-refractivity contribution is 0.324. The number of pyridine rings is 1. The molecule has 0 saturated carbocycles. The second kappa shape index (κ2) is 8.16. The first-order chi connectivity index (χ1) is 13.5. The quantitative estimate of drug-likeness (QED) is 0.667. The zero-order valence-electron chi connectivity index (χ0n) is 16.6. The lowest BCUT2D eigenvalue weighted by atomic mass is 10.2. The largest absolute Gasteiger partial charge is 0.493 e. The van der Waals surface area contributed by atoms with Gasteiger partial charge in [0, 0.05) is 41.5 Å². The third kappa shape index (κ3) is 3.58. The Balaban J connectivity index is 2.07. The number of methoxy groups -OCH3 is 3. The Bertz CT molecular complexity index is 1020. The molecule has 8 nitrogen and oxygen atoms in total. The fourth-order valence-electron chi connectivity index (χ4n) is 2.99. The molecule has 8 heteroatoms. The molecule has 0 aliphatic carbocycles. The molecule has 28 heavy (non-hydrogen) atoms. The average molecular weight is 384 g/mol. The minimum atomic E-state index is -0.0840. The maximum absolute atomic E-state index is 12.4. The first-order valence-corrected chi connectivity index (χ1v) is 8.97. The van der Waals surface area contributed by atoms with Crippen molar-refractivity contribution in [2.24, 2.45) is 0 Å². The van der Waals surface area contributed by atoms with Gasteiger partial charge in [0.1, 0.15) is 5.65 Å². The van der Waals surface area contributed by atoms with Crippen molar-refractivity contribution < 1.29 is 14.2 Å². The second-order valence-corrected chi connectivity index (χ2v) is 6.31. The van der Waals surface area contributed by atoms with Crippen molar-refractivity contribution in [3.63, 3.8) is 0 Å². The molecule has 0 radical (unpaired) electrons. The highest BCUT2D eigenvalue weighted by molar-refractivity contribution is 5.76. The van der Waals surface area contributed by atoms with Gasteiger partial charge in [0.25, 0.3) is 5.56 Å². The summed E-state index contributed by atoms with van der Waals surface area (Å²) in [6, 6.07) is 6.84. The number of aromatic nitrogens is 3. The van der Waals surface area contributed by atoms with Crippen molar-refractivity contribution in [2.45, 2.75) is 26.3 Å². The summed E-state index contributed by atoms with van der Waals surface area (Å²) >= 11 is 0. The van der Waals surface area contributed by atoms with Crippen molar-refractivity contribution in [3.8, 4) is 17.2 Å². The van der Waals surface area contributed by atoms with E-state index < -0.39 is 0 Å². The van der Waals surface area contributed by atoms with Crippen molar-refractivity contribution in [3.05, 3.63) is 40.8 Å². The monoisotopic (exact) mass is 384 g/mol. The summed E-state index contributed by atoms with van der Waals surface area (Å²) in [5, 5.41) is 3.95. The predicted octanol–water partition coefficient (Wildman–Crippen LogP) is 3.53. The molecule has 1 unspecified atom stereocenters. The first kappa shape index (κ1) is 19.5. The molecule has 3 aromatic rings. The van der Waals surface area contributed by atoms with Gasteiger partial charge in [0.15, 0.2) is 11.5 Å². The molecule has 0 aliphatic heterocycles. The van der Waals surface area contributed by atoms with Crippen LogP contribution in [0.3, 0.4) is 0 Å². The first-order valence-electron chi connectivity index (χ1n) is 8.97. The van der Waals surface area contributed by atoms with Gasteiger partial charge < -0.3 is 19.5 Å². The van der Waals surface area contributed by atoms with E-state index in [4.69, 9.17) is 14.2 Å². The molecule has 2 aromatic heterocycles. The number of hydrogen-bond donors (Lipinski definition) is 1. The van der Waals surface area contributed by atoms with E-state index in [0.29, 0.717) is 34.5 Å². The van der Waals surface area contributed by atoms with Crippen LogP contribution in [0, 0.1) is 0 Å². The number of anilines is 2. The molecule has 0 aliphatic rings. The van der Waals surface area contributed by atoms with E-state index in [0.717, 1.165) is 11.8 Å². The van der Waals surface area contributed by atoms with E-state index in [2.05, 4.69) is 15.3 Å². The molecule has 0 saturated heterocycles. The van der Waals surface area contributed by atoms with Gasteiger partial charge in [-0.1, -0.05) is 6.92 Å². The van der Waals surface area contributed by atoms with Crippen LogP contribution in [0.1, 0.15) is 26.3 Å². The van der Waals surface area contributed by atoms with Gasteiger partial charge in [-0.15, -0.1) is 0 Å². The van der Waals surface area contributed by atoms with Crippen LogP contribution in [0.5, 0.6) is 17.2 Å². The summed E-state index contributed by atoms with van der Waals surface area (Å²) in [7, 11) is 4.66. The fourth-order valence-corrected chi connectivity index (χ4v) is 2.99. The highest BCUT2D eigenvalue weighted by Crippen LogP contribution is 2.40. The number of hydrogen-bond acceptors (Lipinski definition) is 7. The molecule has 1 atom stereocenters. The number of fused-ring (bicyclic) bond motifs is 1. The molecule has 0 fully saturated rings. The van der Waals surface area contributed by atoms with Crippen LogP contribution in [0.15, 0.2) is 35.3 Å². The van der Waals surface area contributed by atoms with Crippen LogP contribution in [0.25, 0.3) is 11.0 Å². The summed E-state index contributed by atoms with van der Waals surface area (Å²) in [4.78, 5) is 21.3. The third-order valence-corrected chi connectivity index (χ3v) is 4.62. The van der Waals surface area contributed by atoms with Crippen LogP contribution in [-0.4, -0.2) is 35.9 Å². The maximum atomic E-state index is 12.4. The Kier molecular flexibility index (Phi) is 5.67. The van der Waals surface area contributed by atoms with Gasteiger partial charge in [0.2, 0.25) is 11.7 Å². The molecular weight excluding hydrogens is 360 g/mol. The van der Waals surface area contributed by atoms with E-state index in [1.165, 1.54) is 0 Å². The molecule has 0 amide bonds.